The largest absolute Gasteiger partial charge is 0.415 e. The van der Waals surface area contributed by atoms with E-state index in [1.165, 1.54) is 51.4 Å². The Kier molecular flexibility index (Phi) is 20.8. The average Bonchev–Trinajstić information content (AvgIpc) is 2.62. The summed E-state index contributed by atoms with van der Waals surface area (Å²) < 4.78 is 27.7. The Hall–Kier alpha value is 0.0169. The molecule has 0 aliphatic rings. The summed E-state index contributed by atoms with van der Waals surface area (Å²) in [7, 11) is -1.41. The van der Waals surface area contributed by atoms with Crippen molar-refractivity contribution in [3.05, 3.63) is 0 Å². The number of hydrogen-bond acceptors (Lipinski definition) is 5. The van der Waals surface area contributed by atoms with Gasteiger partial charge in [0.15, 0.2) is 8.32 Å². The van der Waals surface area contributed by atoms with Gasteiger partial charge in [0.1, 0.15) is 0 Å². The van der Waals surface area contributed by atoms with E-state index in [4.69, 9.17) is 23.4 Å². The SMILES string of the molecule is CCCCCCCCCCOCCOCCOCCOCCO[Si](C)(C)C. The molecule has 6 heteroatoms. The van der Waals surface area contributed by atoms with Crippen LogP contribution in [0.3, 0.4) is 0 Å². The number of unbranched alkanes of at least 4 members (excludes halogenated alkanes) is 7. The Labute approximate surface area is 169 Å². The molecule has 0 saturated heterocycles. The number of hydrogen-bond donors (Lipinski definition) is 0. The quantitative estimate of drug-likeness (QED) is 0.186. The van der Waals surface area contributed by atoms with Crippen LogP contribution in [0.5, 0.6) is 0 Å². The predicted molar refractivity (Wildman–Crippen MR) is 115 cm³/mol. The lowest BCUT2D eigenvalue weighted by molar-refractivity contribution is -0.00511. The molecule has 0 aromatic carbocycles. The number of rotatable bonds is 22. The minimum atomic E-state index is -1.41. The van der Waals surface area contributed by atoms with E-state index in [1.807, 2.05) is 0 Å². The smallest absolute Gasteiger partial charge is 0.183 e. The average molecular weight is 407 g/mol. The van der Waals surface area contributed by atoms with E-state index in [2.05, 4.69) is 26.6 Å². The van der Waals surface area contributed by atoms with Crippen molar-refractivity contribution in [1.29, 1.82) is 0 Å². The summed E-state index contributed by atoms with van der Waals surface area (Å²) in [5.74, 6) is 0. The van der Waals surface area contributed by atoms with Crippen LogP contribution in [-0.2, 0) is 23.4 Å². The highest BCUT2D eigenvalue weighted by Crippen LogP contribution is 2.08. The van der Waals surface area contributed by atoms with Gasteiger partial charge in [-0.3, -0.25) is 0 Å². The summed E-state index contributed by atoms with van der Waals surface area (Å²) in [5.41, 5.74) is 0. The van der Waals surface area contributed by atoms with E-state index in [1.54, 1.807) is 0 Å². The van der Waals surface area contributed by atoms with Crippen molar-refractivity contribution in [2.75, 3.05) is 59.5 Å². The van der Waals surface area contributed by atoms with Crippen molar-refractivity contribution in [2.45, 2.75) is 77.9 Å². The maximum absolute atomic E-state index is 5.71. The van der Waals surface area contributed by atoms with Gasteiger partial charge in [-0.05, 0) is 26.1 Å². The molecule has 164 valence electrons. The van der Waals surface area contributed by atoms with Gasteiger partial charge in [-0.25, -0.2) is 0 Å². The first kappa shape index (κ1) is 27.0. The van der Waals surface area contributed by atoms with Crippen molar-refractivity contribution in [1.82, 2.24) is 0 Å². The second-order valence-electron chi connectivity index (χ2n) is 7.89. The maximum atomic E-state index is 5.71. The van der Waals surface area contributed by atoms with Crippen molar-refractivity contribution in [3.63, 3.8) is 0 Å². The fourth-order valence-corrected chi connectivity index (χ4v) is 3.20. The van der Waals surface area contributed by atoms with Crippen LogP contribution in [0.2, 0.25) is 19.6 Å². The van der Waals surface area contributed by atoms with Crippen molar-refractivity contribution < 1.29 is 23.4 Å². The zero-order valence-electron chi connectivity index (χ0n) is 18.6. The van der Waals surface area contributed by atoms with Crippen LogP contribution in [-0.4, -0.2) is 67.8 Å². The second-order valence-corrected chi connectivity index (χ2v) is 12.4. The topological polar surface area (TPSA) is 46.2 Å². The molecule has 0 rings (SSSR count). The van der Waals surface area contributed by atoms with Gasteiger partial charge in [-0.2, -0.15) is 0 Å². The second kappa shape index (κ2) is 20.7. The lowest BCUT2D eigenvalue weighted by Gasteiger charge is -2.16. The first-order chi connectivity index (χ1) is 13.1. The van der Waals surface area contributed by atoms with Crippen LogP contribution in [0.1, 0.15) is 58.3 Å². The van der Waals surface area contributed by atoms with Crippen LogP contribution in [0.4, 0.5) is 0 Å². The third-order valence-corrected chi connectivity index (χ3v) is 5.09. The molecule has 0 bridgehead atoms. The minimum absolute atomic E-state index is 0.602. The monoisotopic (exact) mass is 406 g/mol. The highest BCUT2D eigenvalue weighted by molar-refractivity contribution is 6.69. The van der Waals surface area contributed by atoms with E-state index in [-0.39, 0.29) is 0 Å². The van der Waals surface area contributed by atoms with Gasteiger partial charge in [-0.15, -0.1) is 0 Å². The Balaban J connectivity index is 3.01. The summed E-state index contributed by atoms with van der Waals surface area (Å²) in [4.78, 5) is 0. The lowest BCUT2D eigenvalue weighted by atomic mass is 10.1. The highest BCUT2D eigenvalue weighted by Gasteiger charge is 2.12. The molecule has 0 saturated carbocycles. The zero-order chi connectivity index (χ0) is 20.1. The lowest BCUT2D eigenvalue weighted by Crippen LogP contribution is -2.27. The Morgan fingerprint density at radius 1 is 0.444 bits per heavy atom. The molecule has 0 aromatic rings. The predicted octanol–water partition coefficient (Wildman–Crippen LogP) is 5.05. The van der Waals surface area contributed by atoms with Gasteiger partial charge in [-0.1, -0.05) is 51.9 Å². The molecule has 0 N–H and O–H groups in total. The van der Waals surface area contributed by atoms with E-state index in [0.717, 1.165) is 6.61 Å². The molecular formula is C21H46O5Si. The standard InChI is InChI=1S/C21H46O5Si/c1-5-6-7-8-9-10-11-12-13-22-14-15-23-16-17-24-18-19-25-20-21-26-27(2,3)4/h5-21H2,1-4H3. The van der Waals surface area contributed by atoms with E-state index in [9.17, 15) is 0 Å². The molecule has 0 atom stereocenters. The summed E-state index contributed by atoms with van der Waals surface area (Å²) >= 11 is 0. The Morgan fingerprint density at radius 3 is 1.26 bits per heavy atom. The summed E-state index contributed by atoms with van der Waals surface area (Å²) in [6.45, 7) is 14.7. The van der Waals surface area contributed by atoms with Crippen molar-refractivity contribution in [3.8, 4) is 0 Å². The molecule has 27 heavy (non-hydrogen) atoms. The minimum Gasteiger partial charge on any atom is -0.415 e. The zero-order valence-corrected chi connectivity index (χ0v) is 19.6. The van der Waals surface area contributed by atoms with Gasteiger partial charge >= 0.3 is 0 Å². The van der Waals surface area contributed by atoms with Gasteiger partial charge in [0, 0.05) is 6.61 Å². The van der Waals surface area contributed by atoms with Gasteiger partial charge < -0.3 is 23.4 Å². The van der Waals surface area contributed by atoms with Crippen molar-refractivity contribution >= 4 is 8.32 Å². The molecule has 0 radical (unpaired) electrons. The highest BCUT2D eigenvalue weighted by atomic mass is 28.4. The molecule has 0 aromatic heterocycles. The van der Waals surface area contributed by atoms with Crippen LogP contribution in [0, 0.1) is 0 Å². The molecule has 0 heterocycles. The summed E-state index contributed by atoms with van der Waals surface area (Å²) in [6.07, 6.45) is 10.7. The third-order valence-electron chi connectivity index (χ3n) is 4.02. The third kappa shape index (κ3) is 26.0. The molecule has 0 aliphatic carbocycles. The van der Waals surface area contributed by atoms with E-state index in [0.29, 0.717) is 52.9 Å². The van der Waals surface area contributed by atoms with E-state index < -0.39 is 8.32 Å². The van der Waals surface area contributed by atoms with Crippen LogP contribution in [0.25, 0.3) is 0 Å². The van der Waals surface area contributed by atoms with E-state index >= 15 is 0 Å². The molecule has 0 fully saturated rings. The Morgan fingerprint density at radius 2 is 0.815 bits per heavy atom. The van der Waals surface area contributed by atoms with Crippen LogP contribution in [0.15, 0.2) is 0 Å². The molecule has 0 aliphatic heterocycles. The summed E-state index contributed by atoms with van der Waals surface area (Å²) in [6, 6.07) is 0. The summed E-state index contributed by atoms with van der Waals surface area (Å²) in [5, 5.41) is 0. The Bertz CT molecular complexity index is 284. The molecule has 0 amide bonds. The maximum Gasteiger partial charge on any atom is 0.183 e. The molecule has 0 spiro atoms. The van der Waals surface area contributed by atoms with Gasteiger partial charge in [0.25, 0.3) is 0 Å². The number of ether oxygens (including phenoxy) is 4. The molecular weight excluding hydrogens is 360 g/mol. The molecule has 5 nitrogen and oxygen atoms in total. The fourth-order valence-electron chi connectivity index (χ4n) is 2.51. The normalized spacial score (nSPS) is 12.0. The van der Waals surface area contributed by atoms with Gasteiger partial charge in [0.05, 0.1) is 52.9 Å². The van der Waals surface area contributed by atoms with Gasteiger partial charge in [0.2, 0.25) is 0 Å². The first-order valence-electron chi connectivity index (χ1n) is 11.0. The first-order valence-corrected chi connectivity index (χ1v) is 14.4. The fraction of sp³-hybridized carbons (Fsp3) is 1.00. The van der Waals surface area contributed by atoms with Crippen LogP contribution >= 0.6 is 0 Å². The van der Waals surface area contributed by atoms with Crippen LogP contribution < -0.4 is 0 Å². The van der Waals surface area contributed by atoms with Crippen molar-refractivity contribution in [2.24, 2.45) is 0 Å². The molecule has 0 unspecified atom stereocenters.